The second kappa shape index (κ2) is 7.08. The molecule has 10 nitrogen and oxygen atoms in total. The molecule has 0 bridgehead atoms. The summed E-state index contributed by atoms with van der Waals surface area (Å²) in [4.78, 5) is 17.3. The summed E-state index contributed by atoms with van der Waals surface area (Å²) in [5.74, 6) is 0.274. The van der Waals surface area contributed by atoms with E-state index >= 15 is 0 Å². The summed E-state index contributed by atoms with van der Waals surface area (Å²) in [6.45, 7) is 4.61. The van der Waals surface area contributed by atoms with Gasteiger partial charge in [-0.2, -0.15) is 4.31 Å². The highest BCUT2D eigenvalue weighted by atomic mass is 32.2. The zero-order chi connectivity index (χ0) is 20.8. The van der Waals surface area contributed by atoms with Crippen LogP contribution < -0.4 is 4.90 Å². The van der Waals surface area contributed by atoms with Crippen LogP contribution in [-0.2, 0) is 10.0 Å². The number of anilines is 1. The van der Waals surface area contributed by atoms with E-state index in [-0.39, 0.29) is 29.4 Å². The first-order valence-electron chi connectivity index (χ1n) is 9.01. The number of hydrogen-bond donors (Lipinski definition) is 0. The molecule has 0 saturated carbocycles. The molecular formula is C18H19N5O5S. The van der Waals surface area contributed by atoms with Crippen LogP contribution in [0.25, 0.3) is 10.9 Å². The molecule has 1 fully saturated rings. The van der Waals surface area contributed by atoms with Crippen molar-refractivity contribution >= 4 is 32.3 Å². The number of aromatic nitrogens is 2. The van der Waals surface area contributed by atoms with E-state index in [2.05, 4.69) is 10.1 Å². The summed E-state index contributed by atoms with van der Waals surface area (Å²) < 4.78 is 32.4. The molecule has 1 aliphatic heterocycles. The highest BCUT2D eigenvalue weighted by molar-refractivity contribution is 7.89. The van der Waals surface area contributed by atoms with Crippen LogP contribution in [-0.4, -0.2) is 54.0 Å². The van der Waals surface area contributed by atoms with Gasteiger partial charge in [0, 0.05) is 38.4 Å². The van der Waals surface area contributed by atoms with Crippen LogP contribution in [0.2, 0.25) is 0 Å². The quantitative estimate of drug-likeness (QED) is 0.468. The maximum atomic E-state index is 13.0. The summed E-state index contributed by atoms with van der Waals surface area (Å²) >= 11 is 0. The van der Waals surface area contributed by atoms with E-state index in [4.69, 9.17) is 4.52 Å². The molecule has 1 aliphatic rings. The molecule has 4 rings (SSSR count). The van der Waals surface area contributed by atoms with E-state index in [1.54, 1.807) is 38.2 Å². The monoisotopic (exact) mass is 417 g/mol. The van der Waals surface area contributed by atoms with Gasteiger partial charge in [0.1, 0.15) is 16.1 Å². The van der Waals surface area contributed by atoms with Gasteiger partial charge < -0.3 is 9.42 Å². The molecule has 11 heteroatoms. The van der Waals surface area contributed by atoms with Crippen LogP contribution in [0.1, 0.15) is 11.5 Å². The minimum atomic E-state index is -3.70. The minimum Gasteiger partial charge on any atom is -0.367 e. The van der Waals surface area contributed by atoms with Gasteiger partial charge in [-0.05, 0) is 32.0 Å². The lowest BCUT2D eigenvalue weighted by molar-refractivity contribution is -0.383. The van der Waals surface area contributed by atoms with Crippen molar-refractivity contribution in [3.05, 3.63) is 52.0 Å². The normalized spacial score (nSPS) is 15.7. The van der Waals surface area contributed by atoms with Gasteiger partial charge in [0.15, 0.2) is 5.76 Å². The van der Waals surface area contributed by atoms with Crippen molar-refractivity contribution in [3.63, 3.8) is 0 Å². The Kier molecular flexibility index (Phi) is 4.71. The number of benzene rings is 1. The first-order valence-corrected chi connectivity index (χ1v) is 10.4. The van der Waals surface area contributed by atoms with Gasteiger partial charge in [-0.25, -0.2) is 8.42 Å². The third-order valence-electron chi connectivity index (χ3n) is 5.07. The van der Waals surface area contributed by atoms with Gasteiger partial charge in [0.05, 0.1) is 16.0 Å². The second-order valence-corrected chi connectivity index (χ2v) is 8.68. The zero-order valence-corrected chi connectivity index (χ0v) is 16.7. The number of fused-ring (bicyclic) bond motifs is 1. The van der Waals surface area contributed by atoms with Gasteiger partial charge in [-0.3, -0.25) is 15.1 Å². The molecule has 0 atom stereocenters. The Balaban J connectivity index is 1.61. The highest BCUT2D eigenvalue weighted by Gasteiger charge is 2.33. The Labute approximate surface area is 166 Å². The largest absolute Gasteiger partial charge is 0.367 e. The van der Waals surface area contributed by atoms with Crippen LogP contribution >= 0.6 is 0 Å². The number of pyridine rings is 1. The van der Waals surface area contributed by atoms with Gasteiger partial charge >= 0.3 is 0 Å². The second-order valence-electron chi connectivity index (χ2n) is 6.80. The molecule has 0 radical (unpaired) electrons. The number of nitrogens with zero attached hydrogens (tertiary/aromatic N) is 5. The van der Waals surface area contributed by atoms with E-state index in [9.17, 15) is 18.5 Å². The van der Waals surface area contributed by atoms with Gasteiger partial charge in [-0.15, -0.1) is 0 Å². The SMILES string of the molecule is Cc1noc(C)c1S(=O)(=O)N1CCN(c2ccc([N+](=O)[O-])c3cccnc23)CC1. The Hall–Kier alpha value is -3.05. The van der Waals surface area contributed by atoms with Crippen molar-refractivity contribution in [2.24, 2.45) is 0 Å². The van der Waals surface area contributed by atoms with Crippen LogP contribution in [0.4, 0.5) is 11.4 Å². The fraction of sp³-hybridized carbons (Fsp3) is 0.333. The summed E-state index contributed by atoms with van der Waals surface area (Å²) in [6.07, 6.45) is 1.59. The van der Waals surface area contributed by atoms with Gasteiger partial charge in [0.25, 0.3) is 5.69 Å². The molecular weight excluding hydrogens is 398 g/mol. The van der Waals surface area contributed by atoms with Crippen molar-refractivity contribution < 1.29 is 17.9 Å². The van der Waals surface area contributed by atoms with Crippen molar-refractivity contribution in [1.82, 2.24) is 14.4 Å². The lowest BCUT2D eigenvalue weighted by Gasteiger charge is -2.35. The van der Waals surface area contributed by atoms with Crippen LogP contribution in [0.3, 0.4) is 0 Å². The fourth-order valence-corrected chi connectivity index (χ4v) is 5.41. The number of nitro groups is 1. The Morgan fingerprint density at radius 2 is 1.86 bits per heavy atom. The topological polar surface area (TPSA) is 123 Å². The van der Waals surface area contributed by atoms with E-state index in [1.165, 1.54) is 10.4 Å². The number of aryl methyl sites for hydroxylation is 2. The van der Waals surface area contributed by atoms with Gasteiger partial charge in [0.2, 0.25) is 10.0 Å². The standard InChI is InChI=1S/C18H19N5O5S/c1-12-18(13(2)28-20-12)29(26,27)22-10-8-21(9-11-22)16-6-5-15(23(24)25)14-4-3-7-19-17(14)16/h3-7H,8-11H2,1-2H3. The predicted molar refractivity (Wildman–Crippen MR) is 105 cm³/mol. The molecule has 1 saturated heterocycles. The van der Waals surface area contributed by atoms with E-state index < -0.39 is 14.9 Å². The molecule has 2 aromatic heterocycles. The third kappa shape index (κ3) is 3.21. The summed E-state index contributed by atoms with van der Waals surface area (Å²) in [5, 5.41) is 15.5. The molecule has 3 heterocycles. The smallest absolute Gasteiger partial charge is 0.278 e. The number of hydrogen-bond acceptors (Lipinski definition) is 8. The Morgan fingerprint density at radius 3 is 2.48 bits per heavy atom. The van der Waals surface area contributed by atoms with E-state index in [0.717, 1.165) is 5.69 Å². The van der Waals surface area contributed by atoms with Crippen molar-refractivity contribution in [2.75, 3.05) is 31.1 Å². The van der Waals surface area contributed by atoms with Crippen molar-refractivity contribution in [2.45, 2.75) is 18.7 Å². The zero-order valence-electron chi connectivity index (χ0n) is 15.9. The number of sulfonamides is 1. The van der Waals surface area contributed by atoms with Crippen LogP contribution in [0.15, 0.2) is 39.9 Å². The summed E-state index contributed by atoms with van der Waals surface area (Å²) in [6, 6.07) is 6.47. The molecule has 29 heavy (non-hydrogen) atoms. The summed E-state index contributed by atoms with van der Waals surface area (Å²) in [5.41, 5.74) is 1.62. The lowest BCUT2D eigenvalue weighted by Crippen LogP contribution is -2.48. The average molecular weight is 417 g/mol. The van der Waals surface area contributed by atoms with Crippen molar-refractivity contribution in [3.8, 4) is 0 Å². The first kappa shape index (κ1) is 19.3. The van der Waals surface area contributed by atoms with Crippen LogP contribution in [0.5, 0.6) is 0 Å². The van der Waals surface area contributed by atoms with E-state index in [1.807, 2.05) is 4.90 Å². The minimum absolute atomic E-state index is 0.00327. The maximum Gasteiger partial charge on any atom is 0.278 e. The lowest BCUT2D eigenvalue weighted by atomic mass is 10.1. The molecule has 1 aromatic carbocycles. The molecule has 0 amide bonds. The third-order valence-corrected chi connectivity index (χ3v) is 7.21. The summed E-state index contributed by atoms with van der Waals surface area (Å²) in [7, 11) is -3.70. The van der Waals surface area contributed by atoms with Gasteiger partial charge in [-0.1, -0.05) is 5.16 Å². The average Bonchev–Trinajstić information content (AvgIpc) is 3.06. The fourth-order valence-electron chi connectivity index (χ4n) is 3.70. The van der Waals surface area contributed by atoms with Crippen LogP contribution in [0, 0.1) is 24.0 Å². The predicted octanol–water partition coefficient (Wildman–Crippen LogP) is 2.26. The number of rotatable bonds is 4. The Morgan fingerprint density at radius 1 is 1.14 bits per heavy atom. The molecule has 152 valence electrons. The Bertz CT molecular complexity index is 1180. The number of nitro benzene ring substituents is 1. The number of non-ortho nitro benzene ring substituents is 1. The molecule has 3 aromatic rings. The molecule has 0 spiro atoms. The highest BCUT2D eigenvalue weighted by Crippen LogP contribution is 2.33. The molecule has 0 N–H and O–H groups in total. The maximum absolute atomic E-state index is 13.0. The van der Waals surface area contributed by atoms with Crippen molar-refractivity contribution in [1.29, 1.82) is 0 Å². The molecule has 0 unspecified atom stereocenters. The molecule has 0 aliphatic carbocycles. The van der Waals surface area contributed by atoms with E-state index in [0.29, 0.717) is 29.7 Å². The first-order chi connectivity index (χ1) is 13.8. The number of piperazine rings is 1.